The van der Waals surface area contributed by atoms with E-state index in [0.29, 0.717) is 5.54 Å². The standard InChI is InChI=1S/C9H20N2/c1-4-10-6-5-9(3)7-8(2)11-9/h8,10-11H,4-7H2,1-3H3. The highest BCUT2D eigenvalue weighted by Crippen LogP contribution is 2.26. The molecule has 2 N–H and O–H groups in total. The molecule has 0 radical (unpaired) electrons. The maximum absolute atomic E-state index is 3.54. The molecule has 0 bridgehead atoms. The summed E-state index contributed by atoms with van der Waals surface area (Å²) in [5.74, 6) is 0. The van der Waals surface area contributed by atoms with Gasteiger partial charge in [-0.05, 0) is 39.8 Å². The van der Waals surface area contributed by atoms with Crippen molar-refractivity contribution in [1.29, 1.82) is 0 Å². The van der Waals surface area contributed by atoms with E-state index in [2.05, 4.69) is 31.4 Å². The van der Waals surface area contributed by atoms with Gasteiger partial charge >= 0.3 is 0 Å². The summed E-state index contributed by atoms with van der Waals surface area (Å²) < 4.78 is 0. The molecule has 2 nitrogen and oxygen atoms in total. The number of hydrogen-bond donors (Lipinski definition) is 2. The Morgan fingerprint density at radius 2 is 2.27 bits per heavy atom. The first-order valence-corrected chi connectivity index (χ1v) is 4.65. The molecule has 2 atom stereocenters. The van der Waals surface area contributed by atoms with E-state index in [1.807, 2.05) is 0 Å². The molecule has 11 heavy (non-hydrogen) atoms. The Labute approximate surface area is 69.8 Å². The van der Waals surface area contributed by atoms with Crippen molar-refractivity contribution in [2.24, 2.45) is 0 Å². The van der Waals surface area contributed by atoms with Crippen molar-refractivity contribution < 1.29 is 0 Å². The topological polar surface area (TPSA) is 24.1 Å². The summed E-state index contributed by atoms with van der Waals surface area (Å²) in [4.78, 5) is 0. The zero-order valence-corrected chi connectivity index (χ0v) is 7.91. The molecule has 1 aliphatic heterocycles. The van der Waals surface area contributed by atoms with Crippen LogP contribution in [0.4, 0.5) is 0 Å². The molecule has 0 saturated carbocycles. The first-order chi connectivity index (χ1) is 5.16. The van der Waals surface area contributed by atoms with Gasteiger partial charge in [-0.1, -0.05) is 6.92 Å². The predicted molar refractivity (Wildman–Crippen MR) is 48.8 cm³/mol. The fraction of sp³-hybridized carbons (Fsp3) is 1.00. The van der Waals surface area contributed by atoms with Gasteiger partial charge in [0.1, 0.15) is 0 Å². The molecular weight excluding hydrogens is 136 g/mol. The van der Waals surface area contributed by atoms with E-state index in [0.717, 1.165) is 19.1 Å². The largest absolute Gasteiger partial charge is 0.317 e. The van der Waals surface area contributed by atoms with Crippen LogP contribution >= 0.6 is 0 Å². The van der Waals surface area contributed by atoms with E-state index < -0.39 is 0 Å². The fourth-order valence-electron chi connectivity index (χ4n) is 1.96. The van der Waals surface area contributed by atoms with Crippen LogP contribution in [0.5, 0.6) is 0 Å². The molecule has 1 fully saturated rings. The molecule has 0 amide bonds. The van der Waals surface area contributed by atoms with E-state index in [9.17, 15) is 0 Å². The van der Waals surface area contributed by atoms with Crippen LogP contribution in [0.1, 0.15) is 33.6 Å². The highest BCUT2D eigenvalue weighted by molar-refractivity contribution is 4.97. The lowest BCUT2D eigenvalue weighted by Crippen LogP contribution is -2.61. The minimum Gasteiger partial charge on any atom is -0.317 e. The second kappa shape index (κ2) is 3.55. The summed E-state index contributed by atoms with van der Waals surface area (Å²) in [5, 5.41) is 6.89. The molecule has 0 aromatic carbocycles. The van der Waals surface area contributed by atoms with Crippen molar-refractivity contribution in [2.45, 2.75) is 45.2 Å². The molecule has 0 aliphatic carbocycles. The normalized spacial score (nSPS) is 36.8. The summed E-state index contributed by atoms with van der Waals surface area (Å²) >= 11 is 0. The molecule has 0 aromatic rings. The van der Waals surface area contributed by atoms with E-state index in [1.54, 1.807) is 0 Å². The monoisotopic (exact) mass is 156 g/mol. The van der Waals surface area contributed by atoms with E-state index in [1.165, 1.54) is 12.8 Å². The van der Waals surface area contributed by atoms with Gasteiger partial charge in [-0.25, -0.2) is 0 Å². The van der Waals surface area contributed by atoms with Gasteiger partial charge in [0.2, 0.25) is 0 Å². The van der Waals surface area contributed by atoms with E-state index in [-0.39, 0.29) is 0 Å². The Hall–Kier alpha value is -0.0800. The third-order valence-electron chi connectivity index (χ3n) is 2.46. The Morgan fingerprint density at radius 1 is 1.64 bits per heavy atom. The predicted octanol–water partition coefficient (Wildman–Crippen LogP) is 1.13. The van der Waals surface area contributed by atoms with Gasteiger partial charge in [0.05, 0.1) is 0 Å². The molecule has 1 saturated heterocycles. The maximum atomic E-state index is 3.54. The van der Waals surface area contributed by atoms with Gasteiger partial charge in [-0.2, -0.15) is 0 Å². The van der Waals surface area contributed by atoms with Crippen molar-refractivity contribution in [3.8, 4) is 0 Å². The Balaban J connectivity index is 2.07. The molecular formula is C9H20N2. The molecule has 0 aromatic heterocycles. The maximum Gasteiger partial charge on any atom is 0.0182 e. The Morgan fingerprint density at radius 3 is 2.73 bits per heavy atom. The van der Waals surface area contributed by atoms with E-state index >= 15 is 0 Å². The van der Waals surface area contributed by atoms with Crippen LogP contribution < -0.4 is 10.6 Å². The van der Waals surface area contributed by atoms with Gasteiger partial charge in [0.25, 0.3) is 0 Å². The molecule has 1 aliphatic rings. The minimum absolute atomic E-state index is 0.432. The van der Waals surface area contributed by atoms with Crippen molar-refractivity contribution in [3.63, 3.8) is 0 Å². The van der Waals surface area contributed by atoms with Gasteiger partial charge in [0.15, 0.2) is 0 Å². The lowest BCUT2D eigenvalue weighted by molar-refractivity contribution is 0.155. The van der Waals surface area contributed by atoms with Crippen LogP contribution in [0.15, 0.2) is 0 Å². The quantitative estimate of drug-likeness (QED) is 0.596. The Kier molecular flexibility index (Phi) is 2.90. The Bertz CT molecular complexity index is 117. The van der Waals surface area contributed by atoms with Crippen LogP contribution in [0.2, 0.25) is 0 Å². The second-order valence-corrected chi connectivity index (χ2v) is 3.91. The second-order valence-electron chi connectivity index (χ2n) is 3.91. The van der Waals surface area contributed by atoms with Crippen molar-refractivity contribution in [3.05, 3.63) is 0 Å². The van der Waals surface area contributed by atoms with Gasteiger partial charge in [0, 0.05) is 11.6 Å². The average molecular weight is 156 g/mol. The SMILES string of the molecule is CCNCCC1(C)CC(C)N1. The lowest BCUT2D eigenvalue weighted by atomic mass is 9.81. The van der Waals surface area contributed by atoms with Gasteiger partial charge in [-0.3, -0.25) is 0 Å². The van der Waals surface area contributed by atoms with Crippen LogP contribution in [0.25, 0.3) is 0 Å². The highest BCUT2D eigenvalue weighted by Gasteiger charge is 2.35. The summed E-state index contributed by atoms with van der Waals surface area (Å²) in [7, 11) is 0. The van der Waals surface area contributed by atoms with Crippen molar-refractivity contribution in [2.75, 3.05) is 13.1 Å². The summed E-state index contributed by atoms with van der Waals surface area (Å²) in [6, 6.07) is 0.738. The molecule has 2 unspecified atom stereocenters. The van der Waals surface area contributed by atoms with Crippen LogP contribution in [0.3, 0.4) is 0 Å². The van der Waals surface area contributed by atoms with E-state index in [4.69, 9.17) is 0 Å². The summed E-state index contributed by atoms with van der Waals surface area (Å²) in [6.45, 7) is 8.94. The molecule has 0 spiro atoms. The summed E-state index contributed by atoms with van der Waals surface area (Å²) in [6.07, 6.45) is 2.59. The zero-order chi connectivity index (χ0) is 8.32. The third-order valence-corrected chi connectivity index (χ3v) is 2.46. The first kappa shape index (κ1) is 9.01. The molecule has 1 heterocycles. The first-order valence-electron chi connectivity index (χ1n) is 4.65. The third kappa shape index (κ3) is 2.46. The number of nitrogens with one attached hydrogen (secondary N) is 2. The average Bonchev–Trinajstić information content (AvgIpc) is 1.85. The van der Waals surface area contributed by atoms with Crippen LogP contribution in [0, 0.1) is 0 Å². The highest BCUT2D eigenvalue weighted by atomic mass is 15.1. The minimum atomic E-state index is 0.432. The molecule has 2 heteroatoms. The van der Waals surface area contributed by atoms with Gasteiger partial charge < -0.3 is 10.6 Å². The fourth-order valence-corrected chi connectivity index (χ4v) is 1.96. The number of hydrogen-bond acceptors (Lipinski definition) is 2. The van der Waals surface area contributed by atoms with Crippen molar-refractivity contribution >= 4 is 0 Å². The molecule has 66 valence electrons. The smallest absolute Gasteiger partial charge is 0.0182 e. The van der Waals surface area contributed by atoms with Crippen molar-refractivity contribution in [1.82, 2.24) is 10.6 Å². The van der Waals surface area contributed by atoms with Crippen LogP contribution in [-0.4, -0.2) is 24.7 Å². The zero-order valence-electron chi connectivity index (χ0n) is 7.91. The lowest BCUT2D eigenvalue weighted by Gasteiger charge is -2.45. The van der Waals surface area contributed by atoms with Crippen LogP contribution in [-0.2, 0) is 0 Å². The molecule has 1 rings (SSSR count). The number of rotatable bonds is 4. The summed E-state index contributed by atoms with van der Waals surface area (Å²) in [5.41, 5.74) is 0.432. The van der Waals surface area contributed by atoms with Gasteiger partial charge in [-0.15, -0.1) is 0 Å².